The molecule has 1 aliphatic heterocycles. The molecule has 3 rings (SSSR count). The van der Waals surface area contributed by atoms with Gasteiger partial charge in [-0.25, -0.2) is 14.8 Å². The van der Waals surface area contributed by atoms with Crippen molar-refractivity contribution in [1.82, 2.24) is 15.3 Å². The summed E-state index contributed by atoms with van der Waals surface area (Å²) in [5.41, 5.74) is 4.02. The van der Waals surface area contributed by atoms with E-state index in [4.69, 9.17) is 16.3 Å². The van der Waals surface area contributed by atoms with Crippen molar-refractivity contribution in [2.24, 2.45) is 0 Å². The average molecular weight is 334 g/mol. The van der Waals surface area contributed by atoms with Gasteiger partial charge in [0.1, 0.15) is 6.61 Å². The third-order valence-corrected chi connectivity index (χ3v) is 4.10. The van der Waals surface area contributed by atoms with Gasteiger partial charge in [-0.15, -0.1) is 0 Å². The number of carbonyl (C=O) groups excluding carboxylic acids is 1. The number of cyclic esters (lactones) is 1. The second kappa shape index (κ2) is 6.62. The van der Waals surface area contributed by atoms with Gasteiger partial charge in [-0.2, -0.15) is 0 Å². The zero-order valence-corrected chi connectivity index (χ0v) is 13.3. The molecular formula is C16H16ClN3O3. The molecule has 2 aromatic rings. The first kappa shape index (κ1) is 15.9. The van der Waals surface area contributed by atoms with Crippen molar-refractivity contribution in [3.63, 3.8) is 0 Å². The van der Waals surface area contributed by atoms with E-state index in [0.717, 1.165) is 22.3 Å². The third-order valence-electron chi connectivity index (χ3n) is 3.91. The second-order valence-electron chi connectivity index (χ2n) is 5.39. The average Bonchev–Trinajstić information content (AvgIpc) is 2.92. The summed E-state index contributed by atoms with van der Waals surface area (Å²) in [6.07, 6.45) is 2.60. The summed E-state index contributed by atoms with van der Waals surface area (Å²) in [4.78, 5) is 19.3. The van der Waals surface area contributed by atoms with Gasteiger partial charge in [0.05, 0.1) is 11.7 Å². The van der Waals surface area contributed by atoms with Gasteiger partial charge in [-0.1, -0.05) is 6.07 Å². The van der Waals surface area contributed by atoms with Crippen molar-refractivity contribution in [1.29, 1.82) is 0 Å². The molecule has 1 unspecified atom stereocenters. The molecule has 0 spiro atoms. The standard InChI is InChI=1S/C16H16ClN3O3/c1-9-11(2-3-12-13(9)8-23-15(12)22)14(21)7-18-4-10-5-19-16(17)20-6-10/h2-3,5-6,14,18,21H,4,7-8H2,1H3. The SMILES string of the molecule is Cc1c(C(O)CNCc2cnc(Cl)nc2)ccc2c1COC2=O. The molecule has 1 atom stereocenters. The number of esters is 1. The molecule has 7 heteroatoms. The van der Waals surface area contributed by atoms with Gasteiger partial charge in [0.2, 0.25) is 5.28 Å². The Hall–Kier alpha value is -2.02. The number of nitrogens with one attached hydrogen (secondary N) is 1. The molecule has 23 heavy (non-hydrogen) atoms. The molecular weight excluding hydrogens is 318 g/mol. The van der Waals surface area contributed by atoms with Crippen molar-refractivity contribution in [2.45, 2.75) is 26.2 Å². The highest BCUT2D eigenvalue weighted by Crippen LogP contribution is 2.28. The molecule has 0 bridgehead atoms. The molecule has 0 aliphatic carbocycles. The predicted molar refractivity (Wildman–Crippen MR) is 84.0 cm³/mol. The highest BCUT2D eigenvalue weighted by molar-refractivity contribution is 6.28. The van der Waals surface area contributed by atoms with Gasteiger partial charge in [0.25, 0.3) is 0 Å². The number of aliphatic hydroxyl groups is 1. The number of hydrogen-bond acceptors (Lipinski definition) is 6. The lowest BCUT2D eigenvalue weighted by molar-refractivity contribution is 0.0535. The smallest absolute Gasteiger partial charge is 0.338 e. The first-order valence-corrected chi connectivity index (χ1v) is 7.58. The number of carbonyl (C=O) groups is 1. The van der Waals surface area contributed by atoms with E-state index < -0.39 is 6.10 Å². The number of aromatic nitrogens is 2. The topological polar surface area (TPSA) is 84.3 Å². The molecule has 0 amide bonds. The first-order chi connectivity index (χ1) is 11.1. The van der Waals surface area contributed by atoms with E-state index in [9.17, 15) is 9.90 Å². The van der Waals surface area contributed by atoms with E-state index in [-0.39, 0.29) is 17.9 Å². The summed E-state index contributed by atoms with van der Waals surface area (Å²) < 4.78 is 5.03. The van der Waals surface area contributed by atoms with Crippen LogP contribution in [0, 0.1) is 6.92 Å². The number of fused-ring (bicyclic) bond motifs is 1. The Morgan fingerprint density at radius 2 is 2.13 bits per heavy atom. The van der Waals surface area contributed by atoms with Crippen LogP contribution < -0.4 is 5.32 Å². The molecule has 0 saturated heterocycles. The minimum absolute atomic E-state index is 0.208. The summed E-state index contributed by atoms with van der Waals surface area (Å²) in [5, 5.41) is 13.7. The number of ether oxygens (including phenoxy) is 1. The molecule has 1 aromatic heterocycles. The molecule has 6 nitrogen and oxygen atoms in total. The Kier molecular flexibility index (Phi) is 4.56. The summed E-state index contributed by atoms with van der Waals surface area (Å²) in [5.74, 6) is -0.301. The Morgan fingerprint density at radius 3 is 2.87 bits per heavy atom. The fraction of sp³-hybridized carbons (Fsp3) is 0.312. The maximum absolute atomic E-state index is 11.5. The zero-order chi connectivity index (χ0) is 16.4. The number of halogens is 1. The lowest BCUT2D eigenvalue weighted by atomic mass is 9.95. The Morgan fingerprint density at radius 1 is 1.39 bits per heavy atom. The van der Waals surface area contributed by atoms with Crippen LogP contribution in [0.25, 0.3) is 0 Å². The van der Waals surface area contributed by atoms with Crippen molar-refractivity contribution >= 4 is 17.6 Å². The summed E-state index contributed by atoms with van der Waals surface area (Å²) in [6.45, 7) is 3.07. The van der Waals surface area contributed by atoms with Crippen molar-refractivity contribution in [3.05, 3.63) is 57.6 Å². The van der Waals surface area contributed by atoms with E-state index in [1.807, 2.05) is 6.92 Å². The van der Waals surface area contributed by atoms with Crippen LogP contribution >= 0.6 is 11.6 Å². The number of benzene rings is 1. The van der Waals surface area contributed by atoms with Crippen LogP contribution in [0.5, 0.6) is 0 Å². The van der Waals surface area contributed by atoms with E-state index in [2.05, 4.69) is 15.3 Å². The lowest BCUT2D eigenvalue weighted by Crippen LogP contribution is -2.22. The van der Waals surface area contributed by atoms with Gasteiger partial charge in [-0.3, -0.25) is 0 Å². The summed E-state index contributed by atoms with van der Waals surface area (Å²) in [6, 6.07) is 3.49. The van der Waals surface area contributed by atoms with Crippen LogP contribution in [0.1, 0.15) is 38.7 Å². The Labute approximate surface area is 138 Å². The molecule has 2 N–H and O–H groups in total. The zero-order valence-electron chi connectivity index (χ0n) is 12.5. The van der Waals surface area contributed by atoms with Gasteiger partial charge in [0.15, 0.2) is 0 Å². The molecule has 2 heterocycles. The van der Waals surface area contributed by atoms with Crippen LogP contribution in [0.3, 0.4) is 0 Å². The predicted octanol–water partition coefficient (Wildman–Crippen LogP) is 1.93. The minimum Gasteiger partial charge on any atom is -0.457 e. The van der Waals surface area contributed by atoms with Crippen LogP contribution in [0.4, 0.5) is 0 Å². The third kappa shape index (κ3) is 3.34. The number of aliphatic hydroxyl groups excluding tert-OH is 1. The minimum atomic E-state index is -0.677. The molecule has 0 radical (unpaired) electrons. The number of nitrogens with zero attached hydrogens (tertiary/aromatic N) is 2. The van der Waals surface area contributed by atoms with E-state index >= 15 is 0 Å². The van der Waals surface area contributed by atoms with Crippen molar-refractivity contribution < 1.29 is 14.6 Å². The summed E-state index contributed by atoms with van der Waals surface area (Å²) >= 11 is 5.63. The maximum Gasteiger partial charge on any atom is 0.338 e. The van der Waals surface area contributed by atoms with Crippen LogP contribution in [-0.2, 0) is 17.9 Å². The Balaban J connectivity index is 1.63. The molecule has 1 aliphatic rings. The van der Waals surface area contributed by atoms with Gasteiger partial charge >= 0.3 is 5.97 Å². The van der Waals surface area contributed by atoms with Crippen LogP contribution in [0.15, 0.2) is 24.5 Å². The van der Waals surface area contributed by atoms with Crippen molar-refractivity contribution in [2.75, 3.05) is 6.54 Å². The highest BCUT2D eigenvalue weighted by Gasteiger charge is 2.25. The number of rotatable bonds is 5. The monoisotopic (exact) mass is 333 g/mol. The van der Waals surface area contributed by atoms with Gasteiger partial charge in [-0.05, 0) is 35.7 Å². The van der Waals surface area contributed by atoms with E-state index in [0.29, 0.717) is 18.7 Å². The molecule has 0 fully saturated rings. The normalized spacial score (nSPS) is 14.5. The first-order valence-electron chi connectivity index (χ1n) is 7.21. The fourth-order valence-electron chi connectivity index (χ4n) is 2.62. The molecule has 120 valence electrons. The largest absolute Gasteiger partial charge is 0.457 e. The fourth-order valence-corrected chi connectivity index (χ4v) is 2.72. The lowest BCUT2D eigenvalue weighted by Gasteiger charge is -2.16. The maximum atomic E-state index is 11.5. The van der Waals surface area contributed by atoms with Crippen LogP contribution in [-0.4, -0.2) is 27.6 Å². The van der Waals surface area contributed by atoms with Crippen molar-refractivity contribution in [3.8, 4) is 0 Å². The van der Waals surface area contributed by atoms with Gasteiger partial charge in [0, 0.05) is 36.6 Å². The number of hydrogen-bond donors (Lipinski definition) is 2. The molecule has 1 aromatic carbocycles. The van der Waals surface area contributed by atoms with Crippen LogP contribution in [0.2, 0.25) is 5.28 Å². The van der Waals surface area contributed by atoms with E-state index in [1.54, 1.807) is 24.5 Å². The van der Waals surface area contributed by atoms with Gasteiger partial charge < -0.3 is 15.2 Å². The van der Waals surface area contributed by atoms with E-state index in [1.165, 1.54) is 0 Å². The molecule has 0 saturated carbocycles. The quantitative estimate of drug-likeness (QED) is 0.642. The summed E-state index contributed by atoms with van der Waals surface area (Å²) in [7, 11) is 0. The Bertz CT molecular complexity index is 734. The highest BCUT2D eigenvalue weighted by atomic mass is 35.5. The second-order valence-corrected chi connectivity index (χ2v) is 5.73.